The second-order valence-electron chi connectivity index (χ2n) is 7.79. The van der Waals surface area contributed by atoms with Gasteiger partial charge in [0.2, 0.25) is 5.91 Å². The first-order valence-electron chi connectivity index (χ1n) is 9.86. The number of rotatable bonds is 6. The monoisotopic (exact) mass is 386 g/mol. The molecule has 0 spiro atoms. The molecule has 8 nitrogen and oxygen atoms in total. The van der Waals surface area contributed by atoms with Crippen molar-refractivity contribution >= 4 is 11.8 Å². The first-order valence-corrected chi connectivity index (χ1v) is 9.86. The minimum atomic E-state index is -0.159. The van der Waals surface area contributed by atoms with Crippen molar-refractivity contribution in [2.45, 2.75) is 60.7 Å². The number of carbonyl (C=O) groups excluding carboxylic acids is 2. The van der Waals surface area contributed by atoms with Gasteiger partial charge in [0.15, 0.2) is 0 Å². The van der Waals surface area contributed by atoms with Crippen LogP contribution < -0.4 is 5.32 Å². The third-order valence-corrected chi connectivity index (χ3v) is 5.37. The fourth-order valence-corrected chi connectivity index (χ4v) is 3.81. The number of amides is 2. The summed E-state index contributed by atoms with van der Waals surface area (Å²) in [5, 5.41) is 11.9. The van der Waals surface area contributed by atoms with Gasteiger partial charge < -0.3 is 10.2 Å². The molecule has 2 aromatic rings. The SMILES string of the molecule is CCn1nc(C)c(C(=O)N2CC(C(=O)NC(C)Cn3nc(C)cc3C)C2)c1C. The molecular weight excluding hydrogens is 356 g/mol. The molecule has 1 aliphatic heterocycles. The normalized spacial score (nSPS) is 15.4. The Bertz CT molecular complexity index is 891. The summed E-state index contributed by atoms with van der Waals surface area (Å²) in [5.74, 6) is -0.195. The van der Waals surface area contributed by atoms with Gasteiger partial charge in [-0.05, 0) is 47.6 Å². The van der Waals surface area contributed by atoms with Crippen molar-refractivity contribution in [3.8, 4) is 0 Å². The predicted molar refractivity (Wildman–Crippen MR) is 106 cm³/mol. The molecule has 0 radical (unpaired) electrons. The number of hydrogen-bond acceptors (Lipinski definition) is 4. The second-order valence-corrected chi connectivity index (χ2v) is 7.79. The summed E-state index contributed by atoms with van der Waals surface area (Å²) in [6.07, 6.45) is 0. The van der Waals surface area contributed by atoms with Crippen molar-refractivity contribution in [2.24, 2.45) is 5.92 Å². The molecule has 1 saturated heterocycles. The van der Waals surface area contributed by atoms with Gasteiger partial charge in [0, 0.05) is 37.1 Å². The second kappa shape index (κ2) is 7.77. The quantitative estimate of drug-likeness (QED) is 0.817. The first kappa shape index (κ1) is 20.1. The topological polar surface area (TPSA) is 85.0 Å². The van der Waals surface area contributed by atoms with Gasteiger partial charge in [-0.2, -0.15) is 10.2 Å². The standard InChI is InChI=1S/C20H30N6O2/c1-7-25-16(6)18(15(5)23-25)20(28)24-10-17(11-24)19(27)21-13(3)9-26-14(4)8-12(2)22-26/h8,13,17H,7,9-11H2,1-6H3,(H,21,27). The van der Waals surface area contributed by atoms with Crippen LogP contribution in [0.1, 0.15) is 47.0 Å². The molecule has 0 aromatic carbocycles. The lowest BCUT2D eigenvalue weighted by Crippen LogP contribution is -2.57. The van der Waals surface area contributed by atoms with E-state index in [1.807, 2.05) is 57.0 Å². The highest BCUT2D eigenvalue weighted by Gasteiger charge is 2.38. The van der Waals surface area contributed by atoms with Gasteiger partial charge in [-0.3, -0.25) is 19.0 Å². The number of aryl methyl sites for hydroxylation is 4. The Morgan fingerprint density at radius 3 is 2.39 bits per heavy atom. The van der Waals surface area contributed by atoms with E-state index < -0.39 is 0 Å². The molecule has 1 unspecified atom stereocenters. The molecule has 1 atom stereocenters. The summed E-state index contributed by atoms with van der Waals surface area (Å²) in [6.45, 7) is 14.0. The fraction of sp³-hybridized carbons (Fsp3) is 0.600. The highest BCUT2D eigenvalue weighted by atomic mass is 16.2. The number of aromatic nitrogens is 4. The van der Waals surface area contributed by atoms with Gasteiger partial charge in [-0.15, -0.1) is 0 Å². The van der Waals surface area contributed by atoms with E-state index in [2.05, 4.69) is 15.5 Å². The maximum Gasteiger partial charge on any atom is 0.257 e. The lowest BCUT2D eigenvalue weighted by Gasteiger charge is -2.38. The van der Waals surface area contributed by atoms with E-state index in [0.29, 0.717) is 25.2 Å². The van der Waals surface area contributed by atoms with Gasteiger partial charge >= 0.3 is 0 Å². The van der Waals surface area contributed by atoms with E-state index in [4.69, 9.17) is 0 Å². The zero-order chi connectivity index (χ0) is 20.6. The van der Waals surface area contributed by atoms with Crippen LogP contribution in [-0.4, -0.2) is 55.4 Å². The molecule has 1 fully saturated rings. The van der Waals surface area contributed by atoms with Crippen molar-refractivity contribution in [3.05, 3.63) is 34.4 Å². The van der Waals surface area contributed by atoms with Gasteiger partial charge in [0.05, 0.1) is 29.4 Å². The van der Waals surface area contributed by atoms with E-state index >= 15 is 0 Å². The maximum absolute atomic E-state index is 12.8. The Hall–Kier alpha value is -2.64. The molecule has 3 rings (SSSR count). The Labute approximate surface area is 165 Å². The summed E-state index contributed by atoms with van der Waals surface area (Å²) < 4.78 is 3.75. The van der Waals surface area contributed by atoms with Gasteiger partial charge in [-0.25, -0.2) is 0 Å². The number of hydrogen-bond donors (Lipinski definition) is 1. The van der Waals surface area contributed by atoms with Crippen LogP contribution in [0.15, 0.2) is 6.07 Å². The van der Waals surface area contributed by atoms with E-state index in [-0.39, 0.29) is 23.8 Å². The molecule has 8 heteroatoms. The van der Waals surface area contributed by atoms with E-state index in [1.165, 1.54) is 0 Å². The summed E-state index contributed by atoms with van der Waals surface area (Å²) in [7, 11) is 0. The van der Waals surface area contributed by atoms with Crippen LogP contribution in [0.4, 0.5) is 0 Å². The van der Waals surface area contributed by atoms with E-state index in [0.717, 1.165) is 29.3 Å². The summed E-state index contributed by atoms with van der Waals surface area (Å²) in [6, 6.07) is 2.00. The molecule has 0 saturated carbocycles. The zero-order valence-corrected chi connectivity index (χ0v) is 17.6. The van der Waals surface area contributed by atoms with E-state index in [1.54, 1.807) is 4.90 Å². The molecular formula is C20H30N6O2. The number of nitrogens with zero attached hydrogens (tertiary/aromatic N) is 5. The van der Waals surface area contributed by atoms with Gasteiger partial charge in [0.1, 0.15) is 0 Å². The third-order valence-electron chi connectivity index (χ3n) is 5.37. The average Bonchev–Trinajstić information content (AvgIpc) is 3.03. The average molecular weight is 387 g/mol. The molecule has 0 bridgehead atoms. The molecule has 1 aliphatic rings. The third kappa shape index (κ3) is 3.81. The molecule has 2 amide bonds. The van der Waals surface area contributed by atoms with Crippen LogP contribution in [0.25, 0.3) is 0 Å². The maximum atomic E-state index is 12.8. The minimum Gasteiger partial charge on any atom is -0.351 e. The first-order chi connectivity index (χ1) is 13.2. The van der Waals surface area contributed by atoms with E-state index in [9.17, 15) is 9.59 Å². The van der Waals surface area contributed by atoms with Crippen LogP contribution >= 0.6 is 0 Å². The molecule has 2 aromatic heterocycles. The van der Waals surface area contributed by atoms with Crippen molar-refractivity contribution in [1.82, 2.24) is 29.8 Å². The van der Waals surface area contributed by atoms with Crippen molar-refractivity contribution in [3.63, 3.8) is 0 Å². The number of nitrogens with one attached hydrogen (secondary N) is 1. The molecule has 3 heterocycles. The largest absolute Gasteiger partial charge is 0.351 e. The summed E-state index contributed by atoms with van der Waals surface area (Å²) in [4.78, 5) is 27.0. The van der Waals surface area contributed by atoms with Crippen LogP contribution in [0, 0.1) is 33.6 Å². The van der Waals surface area contributed by atoms with Gasteiger partial charge in [-0.1, -0.05) is 0 Å². The van der Waals surface area contributed by atoms with Crippen molar-refractivity contribution < 1.29 is 9.59 Å². The lowest BCUT2D eigenvalue weighted by atomic mass is 9.97. The number of likely N-dealkylation sites (tertiary alicyclic amines) is 1. The Balaban J connectivity index is 1.53. The predicted octanol–water partition coefficient (Wildman–Crippen LogP) is 1.61. The molecule has 0 aliphatic carbocycles. The molecule has 1 N–H and O–H groups in total. The minimum absolute atomic E-state index is 0.00391. The van der Waals surface area contributed by atoms with Crippen LogP contribution in [0.2, 0.25) is 0 Å². The van der Waals surface area contributed by atoms with Crippen LogP contribution in [0.5, 0.6) is 0 Å². The zero-order valence-electron chi connectivity index (χ0n) is 17.6. The van der Waals surface area contributed by atoms with Crippen molar-refractivity contribution in [1.29, 1.82) is 0 Å². The summed E-state index contributed by atoms with van der Waals surface area (Å²) in [5.41, 5.74) is 4.35. The Morgan fingerprint density at radius 1 is 1.18 bits per heavy atom. The highest BCUT2D eigenvalue weighted by molar-refractivity contribution is 5.98. The smallest absolute Gasteiger partial charge is 0.257 e. The van der Waals surface area contributed by atoms with Gasteiger partial charge in [0.25, 0.3) is 5.91 Å². The van der Waals surface area contributed by atoms with Crippen LogP contribution in [-0.2, 0) is 17.9 Å². The molecule has 152 valence electrons. The lowest BCUT2D eigenvalue weighted by molar-refractivity contribution is -0.129. The highest BCUT2D eigenvalue weighted by Crippen LogP contribution is 2.22. The fourth-order valence-electron chi connectivity index (χ4n) is 3.81. The van der Waals surface area contributed by atoms with Crippen molar-refractivity contribution in [2.75, 3.05) is 13.1 Å². The van der Waals surface area contributed by atoms with Crippen LogP contribution in [0.3, 0.4) is 0 Å². The molecule has 28 heavy (non-hydrogen) atoms. The Kier molecular flexibility index (Phi) is 5.58. The number of carbonyl (C=O) groups is 2. The summed E-state index contributed by atoms with van der Waals surface area (Å²) >= 11 is 0. The Morgan fingerprint density at radius 2 is 1.86 bits per heavy atom.